The Balaban J connectivity index is 1.58. The second-order valence-electron chi connectivity index (χ2n) is 5.80. The van der Waals surface area contributed by atoms with Crippen molar-refractivity contribution < 1.29 is 13.9 Å². The molecule has 4 nitrogen and oxygen atoms in total. The van der Waals surface area contributed by atoms with Crippen molar-refractivity contribution in [3.63, 3.8) is 0 Å². The van der Waals surface area contributed by atoms with Crippen molar-refractivity contribution in [1.29, 1.82) is 0 Å². The predicted octanol–water partition coefficient (Wildman–Crippen LogP) is 2.55. The average Bonchev–Trinajstić information content (AvgIpc) is 2.63. The second-order valence-corrected chi connectivity index (χ2v) is 5.80. The van der Waals surface area contributed by atoms with E-state index in [0.29, 0.717) is 12.1 Å². The fraction of sp³-hybridized carbons (Fsp3) is 0.316. The SMILES string of the molecule is O=C(NCCN1CCOCC1)c1cccc(-c2ccc(F)cc2)c1. The monoisotopic (exact) mass is 328 g/mol. The van der Waals surface area contributed by atoms with Crippen molar-refractivity contribution in [2.24, 2.45) is 0 Å². The van der Waals surface area contributed by atoms with Gasteiger partial charge in [-0.2, -0.15) is 0 Å². The van der Waals surface area contributed by atoms with Gasteiger partial charge in [0.25, 0.3) is 5.91 Å². The first-order chi connectivity index (χ1) is 11.7. The Morgan fingerprint density at radius 1 is 1.08 bits per heavy atom. The number of amides is 1. The summed E-state index contributed by atoms with van der Waals surface area (Å²) in [5, 5.41) is 2.95. The number of nitrogens with zero attached hydrogens (tertiary/aromatic N) is 1. The highest BCUT2D eigenvalue weighted by Crippen LogP contribution is 2.20. The Morgan fingerprint density at radius 3 is 2.58 bits per heavy atom. The average molecular weight is 328 g/mol. The predicted molar refractivity (Wildman–Crippen MR) is 91.4 cm³/mol. The number of hydrogen-bond donors (Lipinski definition) is 1. The molecule has 1 aliphatic rings. The van der Waals surface area contributed by atoms with Crippen LogP contribution in [0.3, 0.4) is 0 Å². The first-order valence-corrected chi connectivity index (χ1v) is 8.17. The quantitative estimate of drug-likeness (QED) is 0.917. The Bertz CT molecular complexity index is 682. The number of halogens is 1. The van der Waals surface area contributed by atoms with Crippen LogP contribution < -0.4 is 5.32 Å². The molecule has 1 saturated heterocycles. The minimum absolute atomic E-state index is 0.0905. The Kier molecular flexibility index (Phi) is 5.56. The molecule has 126 valence electrons. The summed E-state index contributed by atoms with van der Waals surface area (Å²) in [7, 11) is 0. The summed E-state index contributed by atoms with van der Waals surface area (Å²) >= 11 is 0. The number of hydrogen-bond acceptors (Lipinski definition) is 3. The van der Waals surface area contributed by atoms with Crippen molar-refractivity contribution in [2.45, 2.75) is 0 Å². The number of rotatable bonds is 5. The van der Waals surface area contributed by atoms with Crippen molar-refractivity contribution in [3.8, 4) is 11.1 Å². The third-order valence-electron chi connectivity index (χ3n) is 4.12. The van der Waals surface area contributed by atoms with Crippen LogP contribution >= 0.6 is 0 Å². The van der Waals surface area contributed by atoms with E-state index in [-0.39, 0.29) is 11.7 Å². The summed E-state index contributed by atoms with van der Waals surface area (Å²) in [6.45, 7) is 4.78. The fourth-order valence-corrected chi connectivity index (χ4v) is 2.74. The molecule has 1 amide bonds. The van der Waals surface area contributed by atoms with Crippen LogP contribution in [0.5, 0.6) is 0 Å². The third kappa shape index (κ3) is 4.40. The van der Waals surface area contributed by atoms with Crippen LogP contribution in [0.2, 0.25) is 0 Å². The highest BCUT2D eigenvalue weighted by molar-refractivity contribution is 5.95. The van der Waals surface area contributed by atoms with Gasteiger partial charge in [-0.3, -0.25) is 9.69 Å². The first-order valence-electron chi connectivity index (χ1n) is 8.17. The van der Waals surface area contributed by atoms with Crippen molar-refractivity contribution >= 4 is 5.91 Å². The summed E-state index contributed by atoms with van der Waals surface area (Å²) in [6, 6.07) is 13.6. The van der Waals surface area contributed by atoms with Gasteiger partial charge in [-0.1, -0.05) is 24.3 Å². The smallest absolute Gasteiger partial charge is 0.251 e. The molecule has 1 N–H and O–H groups in total. The number of carbonyl (C=O) groups is 1. The number of morpholine rings is 1. The lowest BCUT2D eigenvalue weighted by atomic mass is 10.0. The van der Waals surface area contributed by atoms with Crippen LogP contribution in [0.15, 0.2) is 48.5 Å². The Morgan fingerprint density at radius 2 is 1.83 bits per heavy atom. The summed E-state index contributed by atoms with van der Waals surface area (Å²) in [5.41, 5.74) is 2.40. The molecule has 0 radical (unpaired) electrons. The van der Waals surface area contributed by atoms with Crippen LogP contribution in [-0.4, -0.2) is 50.2 Å². The number of nitrogens with one attached hydrogen (secondary N) is 1. The molecule has 0 spiro atoms. The normalized spacial score (nSPS) is 15.2. The van der Waals surface area contributed by atoms with E-state index in [9.17, 15) is 9.18 Å². The van der Waals surface area contributed by atoms with Gasteiger partial charge in [-0.05, 0) is 35.4 Å². The van der Waals surface area contributed by atoms with Gasteiger partial charge in [0.05, 0.1) is 13.2 Å². The minimum Gasteiger partial charge on any atom is -0.379 e. The Hall–Kier alpha value is -2.24. The highest BCUT2D eigenvalue weighted by Gasteiger charge is 2.11. The molecule has 0 aromatic heterocycles. The van der Waals surface area contributed by atoms with Gasteiger partial charge in [-0.15, -0.1) is 0 Å². The first kappa shape index (κ1) is 16.6. The van der Waals surface area contributed by atoms with E-state index in [4.69, 9.17) is 4.74 Å². The van der Waals surface area contributed by atoms with Crippen molar-refractivity contribution in [1.82, 2.24) is 10.2 Å². The van der Waals surface area contributed by atoms with E-state index in [0.717, 1.165) is 44.0 Å². The van der Waals surface area contributed by atoms with Gasteiger partial charge in [-0.25, -0.2) is 4.39 Å². The molecule has 24 heavy (non-hydrogen) atoms. The van der Waals surface area contributed by atoms with Crippen LogP contribution in [0, 0.1) is 5.82 Å². The molecular weight excluding hydrogens is 307 g/mol. The largest absolute Gasteiger partial charge is 0.379 e. The van der Waals surface area contributed by atoms with E-state index >= 15 is 0 Å². The van der Waals surface area contributed by atoms with Crippen LogP contribution in [0.25, 0.3) is 11.1 Å². The molecule has 5 heteroatoms. The highest BCUT2D eigenvalue weighted by atomic mass is 19.1. The Labute approximate surface area is 141 Å². The van der Waals surface area contributed by atoms with Crippen LogP contribution in [-0.2, 0) is 4.74 Å². The van der Waals surface area contributed by atoms with Gasteiger partial charge < -0.3 is 10.1 Å². The van der Waals surface area contributed by atoms with Crippen molar-refractivity contribution in [3.05, 3.63) is 59.9 Å². The third-order valence-corrected chi connectivity index (χ3v) is 4.12. The number of benzene rings is 2. The molecular formula is C19H21FN2O2. The van der Waals surface area contributed by atoms with E-state index in [2.05, 4.69) is 10.2 Å². The van der Waals surface area contributed by atoms with Gasteiger partial charge in [0.15, 0.2) is 0 Å². The van der Waals surface area contributed by atoms with Crippen molar-refractivity contribution in [2.75, 3.05) is 39.4 Å². The lowest BCUT2D eigenvalue weighted by Gasteiger charge is -2.26. The zero-order chi connectivity index (χ0) is 16.8. The summed E-state index contributed by atoms with van der Waals surface area (Å²) < 4.78 is 18.3. The molecule has 0 unspecified atom stereocenters. The van der Waals surface area contributed by atoms with E-state index in [1.165, 1.54) is 12.1 Å². The standard InChI is InChI=1S/C19H21FN2O2/c20-18-6-4-15(5-7-18)16-2-1-3-17(14-16)19(23)21-8-9-22-10-12-24-13-11-22/h1-7,14H,8-13H2,(H,21,23). The maximum atomic E-state index is 13.0. The zero-order valence-corrected chi connectivity index (χ0v) is 13.5. The molecule has 2 aromatic carbocycles. The maximum absolute atomic E-state index is 13.0. The maximum Gasteiger partial charge on any atom is 0.251 e. The van der Waals surface area contributed by atoms with E-state index in [1.54, 1.807) is 18.2 Å². The molecule has 0 atom stereocenters. The second kappa shape index (κ2) is 8.04. The van der Waals surface area contributed by atoms with E-state index < -0.39 is 0 Å². The van der Waals surface area contributed by atoms with Crippen LogP contribution in [0.1, 0.15) is 10.4 Å². The molecule has 0 aliphatic carbocycles. The van der Waals surface area contributed by atoms with E-state index in [1.807, 2.05) is 18.2 Å². The molecule has 0 bridgehead atoms. The minimum atomic E-state index is -0.268. The zero-order valence-electron chi connectivity index (χ0n) is 13.5. The molecule has 3 rings (SSSR count). The summed E-state index contributed by atoms with van der Waals surface area (Å²) in [5.74, 6) is -0.358. The number of carbonyl (C=O) groups excluding carboxylic acids is 1. The molecule has 2 aromatic rings. The summed E-state index contributed by atoms with van der Waals surface area (Å²) in [6.07, 6.45) is 0. The van der Waals surface area contributed by atoms with Gasteiger partial charge in [0.1, 0.15) is 5.82 Å². The van der Waals surface area contributed by atoms with Crippen LogP contribution in [0.4, 0.5) is 4.39 Å². The summed E-state index contributed by atoms with van der Waals surface area (Å²) in [4.78, 5) is 14.6. The topological polar surface area (TPSA) is 41.6 Å². The van der Waals surface area contributed by atoms with Gasteiger partial charge in [0, 0.05) is 31.7 Å². The molecule has 0 saturated carbocycles. The molecule has 1 heterocycles. The lowest BCUT2D eigenvalue weighted by Crippen LogP contribution is -2.41. The van der Waals surface area contributed by atoms with Gasteiger partial charge >= 0.3 is 0 Å². The molecule has 1 fully saturated rings. The number of ether oxygens (including phenoxy) is 1. The van der Waals surface area contributed by atoms with Gasteiger partial charge in [0.2, 0.25) is 0 Å². The fourth-order valence-electron chi connectivity index (χ4n) is 2.74. The lowest BCUT2D eigenvalue weighted by molar-refractivity contribution is 0.0383. The molecule has 1 aliphatic heterocycles.